The van der Waals surface area contributed by atoms with Crippen molar-refractivity contribution in [3.8, 4) is 0 Å². The van der Waals surface area contributed by atoms with E-state index in [0.717, 1.165) is 25.1 Å². The monoisotopic (exact) mass is 290 g/mol. The smallest absolute Gasteiger partial charge is 0.312 e. The highest BCUT2D eigenvalue weighted by Gasteiger charge is 2.23. The Kier molecular flexibility index (Phi) is 5.43. The number of urea groups is 1. The topological polar surface area (TPSA) is 87.5 Å². The van der Waals surface area contributed by atoms with E-state index >= 15 is 0 Å². The molecule has 1 aromatic carbocycles. The van der Waals surface area contributed by atoms with Gasteiger partial charge in [0.2, 0.25) is 5.91 Å². The molecule has 1 heterocycles. The third kappa shape index (κ3) is 4.98. The first-order valence-corrected chi connectivity index (χ1v) is 7.25. The maximum atomic E-state index is 12.2. The summed E-state index contributed by atoms with van der Waals surface area (Å²) in [6, 6.07) is 9.16. The van der Waals surface area contributed by atoms with Crippen LogP contribution in [0.25, 0.3) is 0 Å². The minimum atomic E-state index is -0.510. The molecule has 6 nitrogen and oxygen atoms in total. The summed E-state index contributed by atoms with van der Waals surface area (Å²) >= 11 is 0. The van der Waals surface area contributed by atoms with Crippen LogP contribution in [-0.2, 0) is 4.79 Å². The van der Waals surface area contributed by atoms with Gasteiger partial charge >= 0.3 is 6.03 Å². The van der Waals surface area contributed by atoms with Crippen molar-refractivity contribution in [2.45, 2.75) is 12.8 Å². The minimum absolute atomic E-state index is 0.0858. The van der Waals surface area contributed by atoms with Crippen molar-refractivity contribution in [2.24, 2.45) is 11.7 Å². The highest BCUT2D eigenvalue weighted by molar-refractivity contribution is 5.81. The Bertz CT molecular complexity index is 478. The molecular formula is C15H22N4O2. The molecule has 0 saturated carbocycles. The molecule has 0 spiro atoms. The Balaban J connectivity index is 1.77. The number of rotatable bonds is 5. The molecule has 0 bridgehead atoms. The number of nitrogens with two attached hydrogens (primary N) is 1. The van der Waals surface area contributed by atoms with Gasteiger partial charge in [-0.05, 0) is 30.9 Å². The second-order valence-corrected chi connectivity index (χ2v) is 5.31. The van der Waals surface area contributed by atoms with Crippen molar-refractivity contribution in [1.82, 2.24) is 10.2 Å². The zero-order chi connectivity index (χ0) is 15.1. The molecule has 0 aromatic heterocycles. The number of piperidine rings is 1. The number of hydrogen-bond donors (Lipinski definition) is 3. The van der Waals surface area contributed by atoms with Gasteiger partial charge in [-0.25, -0.2) is 4.79 Å². The van der Waals surface area contributed by atoms with Gasteiger partial charge in [0.1, 0.15) is 0 Å². The maximum Gasteiger partial charge on any atom is 0.312 e. The Morgan fingerprint density at radius 2 is 2.05 bits per heavy atom. The van der Waals surface area contributed by atoms with Crippen molar-refractivity contribution in [2.75, 3.05) is 31.5 Å². The zero-order valence-electron chi connectivity index (χ0n) is 12.0. The molecule has 114 valence electrons. The molecule has 1 aliphatic heterocycles. The van der Waals surface area contributed by atoms with Gasteiger partial charge in [0.05, 0.1) is 6.54 Å². The number of amides is 3. The molecule has 0 aliphatic carbocycles. The predicted octanol–water partition coefficient (Wildman–Crippen LogP) is 1.01. The molecule has 1 saturated heterocycles. The molecule has 1 aliphatic rings. The lowest BCUT2D eigenvalue weighted by molar-refractivity contribution is -0.131. The first-order valence-electron chi connectivity index (χ1n) is 7.25. The summed E-state index contributed by atoms with van der Waals surface area (Å²) < 4.78 is 0. The first kappa shape index (κ1) is 15.2. The summed E-state index contributed by atoms with van der Waals surface area (Å²) in [5.74, 6) is 0.370. The Morgan fingerprint density at radius 3 is 2.76 bits per heavy atom. The lowest BCUT2D eigenvalue weighted by Crippen LogP contribution is -2.46. The van der Waals surface area contributed by atoms with Crippen LogP contribution >= 0.6 is 0 Å². The van der Waals surface area contributed by atoms with E-state index in [-0.39, 0.29) is 11.8 Å². The third-order valence-electron chi connectivity index (χ3n) is 3.65. The summed E-state index contributed by atoms with van der Waals surface area (Å²) in [7, 11) is 0. The lowest BCUT2D eigenvalue weighted by atomic mass is 9.98. The summed E-state index contributed by atoms with van der Waals surface area (Å²) in [6.07, 6.45) is 1.97. The van der Waals surface area contributed by atoms with E-state index < -0.39 is 6.03 Å². The van der Waals surface area contributed by atoms with Gasteiger partial charge in [-0.3, -0.25) is 4.79 Å². The number of benzene rings is 1. The van der Waals surface area contributed by atoms with Crippen LogP contribution in [0.5, 0.6) is 0 Å². The second-order valence-electron chi connectivity index (χ2n) is 5.31. The molecule has 3 amide bonds. The van der Waals surface area contributed by atoms with Crippen molar-refractivity contribution >= 4 is 17.6 Å². The number of nitrogens with one attached hydrogen (secondary N) is 2. The van der Waals surface area contributed by atoms with E-state index in [1.54, 1.807) is 0 Å². The average molecular weight is 290 g/mol. The molecule has 1 fully saturated rings. The van der Waals surface area contributed by atoms with Crippen LogP contribution in [0, 0.1) is 5.92 Å². The van der Waals surface area contributed by atoms with E-state index in [1.165, 1.54) is 0 Å². The second kappa shape index (κ2) is 7.52. The number of likely N-dealkylation sites (tertiary alicyclic amines) is 1. The largest absolute Gasteiger partial charge is 0.376 e. The Morgan fingerprint density at radius 1 is 1.29 bits per heavy atom. The van der Waals surface area contributed by atoms with E-state index in [2.05, 4.69) is 10.6 Å². The molecule has 0 radical (unpaired) electrons. The molecular weight excluding hydrogens is 268 g/mol. The van der Waals surface area contributed by atoms with Gasteiger partial charge in [-0.1, -0.05) is 18.2 Å². The fourth-order valence-electron chi connectivity index (χ4n) is 2.55. The Hall–Kier alpha value is -2.24. The molecule has 2 rings (SSSR count). The average Bonchev–Trinajstić information content (AvgIpc) is 2.52. The van der Waals surface area contributed by atoms with Crippen LogP contribution in [0.4, 0.5) is 10.5 Å². The molecule has 21 heavy (non-hydrogen) atoms. The van der Waals surface area contributed by atoms with Gasteiger partial charge in [0.15, 0.2) is 0 Å². The quantitative estimate of drug-likeness (QED) is 0.756. The van der Waals surface area contributed by atoms with Crippen LogP contribution in [0.1, 0.15) is 12.8 Å². The van der Waals surface area contributed by atoms with E-state index in [4.69, 9.17) is 5.73 Å². The third-order valence-corrected chi connectivity index (χ3v) is 3.65. The summed E-state index contributed by atoms with van der Waals surface area (Å²) in [5, 5.41) is 5.74. The van der Waals surface area contributed by atoms with Gasteiger partial charge in [-0.2, -0.15) is 0 Å². The minimum Gasteiger partial charge on any atom is -0.376 e. The summed E-state index contributed by atoms with van der Waals surface area (Å²) in [6.45, 7) is 2.28. The summed E-state index contributed by atoms with van der Waals surface area (Å²) in [5.41, 5.74) is 6.02. The van der Waals surface area contributed by atoms with Crippen LogP contribution in [-0.4, -0.2) is 43.0 Å². The first-order chi connectivity index (χ1) is 10.1. The number of nitrogens with zero attached hydrogens (tertiary/aromatic N) is 1. The standard InChI is InChI=1S/C15H22N4O2/c16-15(21)18-9-12-5-4-8-19(11-12)14(20)10-17-13-6-2-1-3-7-13/h1-3,6-7,12,17H,4-5,8-11H2,(H3,16,18,21). The number of primary amides is 1. The molecule has 1 unspecified atom stereocenters. The van der Waals surface area contributed by atoms with Gasteiger partial charge in [0, 0.05) is 25.3 Å². The fourth-order valence-corrected chi connectivity index (χ4v) is 2.55. The van der Waals surface area contributed by atoms with Crippen LogP contribution in [0.2, 0.25) is 0 Å². The van der Waals surface area contributed by atoms with E-state index in [1.807, 2.05) is 35.2 Å². The number of para-hydroxylation sites is 1. The summed E-state index contributed by atoms with van der Waals surface area (Å²) in [4.78, 5) is 24.8. The van der Waals surface area contributed by atoms with Crippen molar-refractivity contribution in [3.63, 3.8) is 0 Å². The van der Waals surface area contributed by atoms with Gasteiger partial charge in [0.25, 0.3) is 0 Å². The van der Waals surface area contributed by atoms with E-state index in [0.29, 0.717) is 19.6 Å². The van der Waals surface area contributed by atoms with E-state index in [9.17, 15) is 9.59 Å². The molecule has 1 atom stereocenters. The fraction of sp³-hybridized carbons (Fsp3) is 0.467. The zero-order valence-corrected chi connectivity index (χ0v) is 12.0. The predicted molar refractivity (Wildman–Crippen MR) is 81.8 cm³/mol. The molecule has 4 N–H and O–H groups in total. The van der Waals surface area contributed by atoms with Crippen molar-refractivity contribution in [1.29, 1.82) is 0 Å². The Labute approximate surface area is 124 Å². The van der Waals surface area contributed by atoms with Gasteiger partial charge in [-0.15, -0.1) is 0 Å². The molecule has 6 heteroatoms. The SMILES string of the molecule is NC(=O)NCC1CCCN(C(=O)CNc2ccccc2)C1. The molecule has 1 aromatic rings. The van der Waals surface area contributed by atoms with Crippen LogP contribution in [0.3, 0.4) is 0 Å². The number of hydrogen-bond acceptors (Lipinski definition) is 3. The van der Waals surface area contributed by atoms with Crippen LogP contribution in [0.15, 0.2) is 30.3 Å². The number of carbonyl (C=O) groups is 2. The normalized spacial score (nSPS) is 18.1. The van der Waals surface area contributed by atoms with Gasteiger partial charge < -0.3 is 21.3 Å². The highest BCUT2D eigenvalue weighted by Crippen LogP contribution is 2.16. The van der Waals surface area contributed by atoms with Crippen LogP contribution < -0.4 is 16.4 Å². The van der Waals surface area contributed by atoms with Crippen molar-refractivity contribution < 1.29 is 9.59 Å². The lowest BCUT2D eigenvalue weighted by Gasteiger charge is -2.33. The number of carbonyl (C=O) groups excluding carboxylic acids is 2. The highest BCUT2D eigenvalue weighted by atomic mass is 16.2. The maximum absolute atomic E-state index is 12.2. The number of anilines is 1. The van der Waals surface area contributed by atoms with Crippen molar-refractivity contribution in [3.05, 3.63) is 30.3 Å².